The second-order valence-electron chi connectivity index (χ2n) is 11.2. The van der Waals surface area contributed by atoms with Gasteiger partial charge >= 0.3 is 5.97 Å². The van der Waals surface area contributed by atoms with Crippen LogP contribution in [0.4, 0.5) is 5.82 Å². The van der Waals surface area contributed by atoms with Crippen molar-refractivity contribution in [3.8, 4) is 11.5 Å². The van der Waals surface area contributed by atoms with E-state index in [1.807, 2.05) is 78.9 Å². The van der Waals surface area contributed by atoms with E-state index in [2.05, 4.69) is 15.0 Å². The third-order valence-corrected chi connectivity index (χ3v) is 8.33. The van der Waals surface area contributed by atoms with Gasteiger partial charge in [0.25, 0.3) is 0 Å². The van der Waals surface area contributed by atoms with E-state index in [0.29, 0.717) is 22.7 Å². The first kappa shape index (κ1) is 32.4. The van der Waals surface area contributed by atoms with Gasteiger partial charge in [-0.15, -0.1) is 0 Å². The summed E-state index contributed by atoms with van der Waals surface area (Å²) in [5, 5.41) is 11.1. The first-order valence-corrected chi connectivity index (χ1v) is 15.3. The molecule has 1 aliphatic rings. The van der Waals surface area contributed by atoms with Crippen LogP contribution in [0.2, 0.25) is 0 Å². The van der Waals surface area contributed by atoms with Gasteiger partial charge in [-0.3, -0.25) is 9.36 Å². The highest BCUT2D eigenvalue weighted by atomic mass is 16.6. The predicted molar refractivity (Wildman–Crippen MR) is 171 cm³/mol. The molecule has 0 amide bonds. The van der Waals surface area contributed by atoms with Crippen LogP contribution in [-0.4, -0.2) is 64.5 Å². The standard InChI is InChI=1S/C35H35N5O8/c1-44-25-12-8-23(9-13-25)35(22-6-4-3-5-7-22,24-10-14-26(45-2)15-11-24)46-19-28-27(48-31(43)17-16-30(41)42)18-29(47-28)40-21-39-32-33(36)37-20-38-34(32)40/h3-15,20-21,27-29H,16-19H2,1-2H3,(H,41,42)(H2,36,37,38)/p-1/t27-,28+,29+/m0/s1. The van der Waals surface area contributed by atoms with Gasteiger partial charge in [0.15, 0.2) is 11.5 Å². The summed E-state index contributed by atoms with van der Waals surface area (Å²) in [6.45, 7) is -0.0361. The van der Waals surface area contributed by atoms with Crippen molar-refractivity contribution in [1.82, 2.24) is 19.5 Å². The molecule has 48 heavy (non-hydrogen) atoms. The number of esters is 1. The second kappa shape index (κ2) is 14.1. The van der Waals surface area contributed by atoms with Gasteiger partial charge in [0.05, 0.1) is 33.6 Å². The highest BCUT2D eigenvalue weighted by Gasteiger charge is 2.44. The third kappa shape index (κ3) is 6.50. The number of carboxylic acids is 1. The number of nitrogen functional groups attached to an aromatic ring is 1. The van der Waals surface area contributed by atoms with Crippen LogP contribution in [0.15, 0.2) is 91.5 Å². The first-order chi connectivity index (χ1) is 23.3. The summed E-state index contributed by atoms with van der Waals surface area (Å²) in [5.41, 5.74) is 8.18. The SMILES string of the molecule is COc1ccc(C(OC[C@H]2O[C@@H](n3cnc4c(N)ncnc43)C[C@@H]2OC(=O)CCC(=O)[O-])(c2ccccc2)c2ccc(OC)cc2)cc1. The monoisotopic (exact) mass is 652 g/mol. The van der Waals surface area contributed by atoms with Gasteiger partial charge < -0.3 is 39.3 Å². The fraction of sp³-hybridized carbons (Fsp3) is 0.286. The zero-order valence-electron chi connectivity index (χ0n) is 26.4. The summed E-state index contributed by atoms with van der Waals surface area (Å²) < 4.78 is 32.0. The van der Waals surface area contributed by atoms with E-state index in [1.165, 1.54) is 6.33 Å². The highest BCUT2D eigenvalue weighted by molar-refractivity contribution is 5.81. The molecule has 0 aliphatic carbocycles. The Morgan fingerprint density at radius 1 is 0.896 bits per heavy atom. The van der Waals surface area contributed by atoms with Crippen LogP contribution >= 0.6 is 0 Å². The van der Waals surface area contributed by atoms with Crippen molar-refractivity contribution >= 4 is 28.9 Å². The topological polar surface area (TPSA) is 173 Å². The predicted octanol–water partition coefficient (Wildman–Crippen LogP) is 3.16. The van der Waals surface area contributed by atoms with E-state index in [1.54, 1.807) is 25.1 Å². The molecule has 2 N–H and O–H groups in total. The van der Waals surface area contributed by atoms with Gasteiger partial charge in [0.2, 0.25) is 0 Å². The number of anilines is 1. The number of methoxy groups -OCH3 is 2. The molecule has 248 valence electrons. The van der Waals surface area contributed by atoms with Gasteiger partial charge in [-0.05, 0) is 47.4 Å². The van der Waals surface area contributed by atoms with Gasteiger partial charge in [0.1, 0.15) is 47.4 Å². The number of carbonyl (C=O) groups is 2. The number of hydrogen-bond donors (Lipinski definition) is 1. The first-order valence-electron chi connectivity index (χ1n) is 15.3. The Balaban J connectivity index is 1.39. The molecule has 13 heteroatoms. The minimum Gasteiger partial charge on any atom is -0.550 e. The van der Waals surface area contributed by atoms with Gasteiger partial charge in [-0.2, -0.15) is 0 Å². The Morgan fingerprint density at radius 2 is 1.52 bits per heavy atom. The Morgan fingerprint density at radius 3 is 2.12 bits per heavy atom. The molecule has 1 fully saturated rings. The zero-order chi connectivity index (χ0) is 33.7. The smallest absolute Gasteiger partial charge is 0.306 e. The Hall–Kier alpha value is -5.53. The lowest BCUT2D eigenvalue weighted by atomic mass is 9.80. The van der Waals surface area contributed by atoms with E-state index < -0.39 is 42.4 Å². The number of fused-ring (bicyclic) bond motifs is 1. The number of nitrogens with zero attached hydrogens (tertiary/aromatic N) is 4. The van der Waals surface area contributed by atoms with Crippen molar-refractivity contribution in [2.45, 2.75) is 43.3 Å². The van der Waals surface area contributed by atoms with Crippen LogP contribution in [0, 0.1) is 0 Å². The minimum atomic E-state index is -1.35. The van der Waals surface area contributed by atoms with Crippen LogP contribution in [0.5, 0.6) is 11.5 Å². The molecule has 0 spiro atoms. The normalized spacial score (nSPS) is 17.7. The van der Waals surface area contributed by atoms with Crippen molar-refractivity contribution < 1.29 is 38.4 Å². The van der Waals surface area contributed by atoms with Crippen LogP contribution in [0.25, 0.3) is 11.2 Å². The Labute approximate surface area is 276 Å². The van der Waals surface area contributed by atoms with Crippen molar-refractivity contribution in [2.24, 2.45) is 0 Å². The van der Waals surface area contributed by atoms with Crippen molar-refractivity contribution in [2.75, 3.05) is 26.6 Å². The van der Waals surface area contributed by atoms with Crippen molar-refractivity contribution in [3.05, 3.63) is 108 Å². The molecular weight excluding hydrogens is 618 g/mol. The van der Waals surface area contributed by atoms with Crippen LogP contribution < -0.4 is 20.3 Å². The molecule has 0 saturated carbocycles. The van der Waals surface area contributed by atoms with E-state index in [9.17, 15) is 14.7 Å². The van der Waals surface area contributed by atoms with Crippen LogP contribution in [0.3, 0.4) is 0 Å². The highest BCUT2D eigenvalue weighted by Crippen LogP contribution is 2.43. The molecule has 1 aliphatic heterocycles. The molecule has 1 saturated heterocycles. The number of carboxylic acid groups (broad SMARTS) is 1. The number of nitrogens with two attached hydrogens (primary N) is 1. The summed E-state index contributed by atoms with van der Waals surface area (Å²) >= 11 is 0. The van der Waals surface area contributed by atoms with Crippen LogP contribution in [-0.2, 0) is 29.4 Å². The fourth-order valence-corrected chi connectivity index (χ4v) is 5.94. The lowest BCUT2D eigenvalue weighted by Crippen LogP contribution is -2.39. The Bertz CT molecular complexity index is 1820. The lowest BCUT2D eigenvalue weighted by molar-refractivity contribution is -0.305. The largest absolute Gasteiger partial charge is 0.550 e. The molecule has 13 nitrogen and oxygen atoms in total. The van der Waals surface area contributed by atoms with E-state index >= 15 is 0 Å². The van der Waals surface area contributed by atoms with Gasteiger partial charge in [-0.25, -0.2) is 15.0 Å². The number of imidazole rings is 1. The van der Waals surface area contributed by atoms with Gasteiger partial charge in [0, 0.05) is 12.4 Å². The maximum atomic E-state index is 12.8. The van der Waals surface area contributed by atoms with Crippen molar-refractivity contribution in [3.63, 3.8) is 0 Å². The summed E-state index contributed by atoms with van der Waals surface area (Å²) in [6, 6.07) is 25.0. The summed E-state index contributed by atoms with van der Waals surface area (Å²) in [6.07, 6.45) is 0.0297. The maximum Gasteiger partial charge on any atom is 0.306 e. The van der Waals surface area contributed by atoms with E-state index in [0.717, 1.165) is 16.7 Å². The number of ether oxygens (including phenoxy) is 5. The molecule has 0 unspecified atom stereocenters. The van der Waals surface area contributed by atoms with Crippen LogP contribution in [0.1, 0.15) is 42.2 Å². The summed E-state index contributed by atoms with van der Waals surface area (Å²) in [4.78, 5) is 36.5. The zero-order valence-corrected chi connectivity index (χ0v) is 26.4. The average molecular weight is 653 g/mol. The molecule has 3 aromatic carbocycles. The van der Waals surface area contributed by atoms with Gasteiger partial charge in [-0.1, -0.05) is 54.6 Å². The number of hydrogen-bond acceptors (Lipinski definition) is 12. The number of rotatable bonds is 13. The van der Waals surface area contributed by atoms with Crippen molar-refractivity contribution in [1.29, 1.82) is 0 Å². The molecule has 0 bridgehead atoms. The van der Waals surface area contributed by atoms with E-state index in [-0.39, 0.29) is 25.3 Å². The number of carbonyl (C=O) groups excluding carboxylic acids is 2. The number of aromatic nitrogens is 4. The molecule has 5 aromatic rings. The maximum absolute atomic E-state index is 12.8. The lowest BCUT2D eigenvalue weighted by Gasteiger charge is -2.37. The quantitative estimate of drug-likeness (QED) is 0.146. The van der Waals surface area contributed by atoms with E-state index in [4.69, 9.17) is 29.4 Å². The Kier molecular flexibility index (Phi) is 9.50. The fourth-order valence-electron chi connectivity index (χ4n) is 5.94. The molecule has 2 aromatic heterocycles. The molecule has 0 radical (unpaired) electrons. The molecule has 3 heterocycles. The number of aliphatic carboxylic acids is 1. The second-order valence-corrected chi connectivity index (χ2v) is 11.2. The summed E-state index contributed by atoms with van der Waals surface area (Å²) in [5.74, 6) is -0.467. The summed E-state index contributed by atoms with van der Waals surface area (Å²) in [7, 11) is 3.21. The molecule has 6 rings (SSSR count). The molecular formula is C35H34N5O8-. The average Bonchev–Trinajstić information content (AvgIpc) is 3.73. The third-order valence-electron chi connectivity index (χ3n) is 8.33. The number of benzene rings is 3. The molecule has 3 atom stereocenters. The minimum absolute atomic E-state index is 0.0361.